The molecule has 1 aliphatic carbocycles. The zero-order valence-corrected chi connectivity index (χ0v) is 20.8. The van der Waals surface area contributed by atoms with Crippen molar-refractivity contribution in [3.05, 3.63) is 144 Å². The van der Waals surface area contributed by atoms with Crippen LogP contribution in [0, 0.1) is 12.1 Å². The number of fused-ring (bicyclic) bond motifs is 6. The molecule has 0 radical (unpaired) electrons. The summed E-state index contributed by atoms with van der Waals surface area (Å²) in [6.07, 6.45) is 5.86. The summed E-state index contributed by atoms with van der Waals surface area (Å²) in [7, 11) is 0. The number of hydrogen-bond acceptors (Lipinski definition) is 0. The molecular formula is C36H24N2. The fourth-order valence-electron chi connectivity index (χ4n) is 6.19. The highest BCUT2D eigenvalue weighted by molar-refractivity contribution is 6.08. The van der Waals surface area contributed by atoms with Gasteiger partial charge in [-0.2, -0.15) is 0 Å². The molecule has 5 aromatic carbocycles. The fraction of sp³-hybridized carbons (Fsp3) is 0.0556. The molecule has 2 heteroatoms. The van der Waals surface area contributed by atoms with Crippen molar-refractivity contribution in [3.8, 4) is 11.4 Å². The van der Waals surface area contributed by atoms with Crippen LogP contribution in [-0.2, 0) is 0 Å². The topological polar surface area (TPSA) is 9.86 Å². The molecule has 1 atom stereocenters. The Balaban J connectivity index is 1.33. The summed E-state index contributed by atoms with van der Waals surface area (Å²) >= 11 is 0. The van der Waals surface area contributed by atoms with Crippen molar-refractivity contribution in [1.82, 2.24) is 9.13 Å². The lowest BCUT2D eigenvalue weighted by Gasteiger charge is -2.15. The van der Waals surface area contributed by atoms with Crippen LogP contribution in [0.25, 0.3) is 56.2 Å². The van der Waals surface area contributed by atoms with Crippen LogP contribution < -0.4 is 10.6 Å². The SMILES string of the molecule is c1ccc2c(c#1)c1cc(C3C=c4c(n(-c5ccccc5)c5ccccc45)=CC3)ccc1n2-c1ccccc1. The van der Waals surface area contributed by atoms with Crippen LogP contribution in [0.15, 0.2) is 115 Å². The predicted octanol–water partition coefficient (Wildman–Crippen LogP) is 7.08. The predicted molar refractivity (Wildman–Crippen MR) is 157 cm³/mol. The van der Waals surface area contributed by atoms with Crippen molar-refractivity contribution in [3.63, 3.8) is 0 Å². The molecule has 0 fully saturated rings. The van der Waals surface area contributed by atoms with Crippen molar-refractivity contribution in [2.24, 2.45) is 0 Å². The lowest BCUT2D eigenvalue weighted by atomic mass is 9.90. The molecule has 2 heterocycles. The average Bonchev–Trinajstić information content (AvgIpc) is 3.50. The molecule has 1 aliphatic rings. The lowest BCUT2D eigenvalue weighted by molar-refractivity contribution is 0.909. The Morgan fingerprint density at radius 3 is 2.16 bits per heavy atom. The summed E-state index contributed by atoms with van der Waals surface area (Å²) in [5, 5.41) is 6.27. The fourth-order valence-corrected chi connectivity index (χ4v) is 6.19. The largest absolute Gasteiger partial charge is 0.310 e. The minimum absolute atomic E-state index is 0.310. The van der Waals surface area contributed by atoms with E-state index >= 15 is 0 Å². The Bertz CT molecular complexity index is 2090. The molecule has 0 aliphatic heterocycles. The maximum atomic E-state index is 3.41. The van der Waals surface area contributed by atoms with E-state index in [1.807, 2.05) is 6.07 Å². The number of hydrogen-bond donors (Lipinski definition) is 0. The third kappa shape index (κ3) is 3.09. The number of aromatic nitrogens is 2. The van der Waals surface area contributed by atoms with E-state index in [-0.39, 0.29) is 0 Å². The van der Waals surface area contributed by atoms with Gasteiger partial charge in [-0.05, 0) is 66.6 Å². The standard InChI is InChI=1S/C36H24N2/c1-3-11-27(12-4-1)37-33-17-9-7-15-29(33)31-23-25(19-21-35(31)37)26-20-22-36-32(24-26)30-16-8-10-18-34(30)38(36)28-13-5-2-6-14-28/h1-7,9-15,17-18,20-25H,19H2. The molecule has 0 N–H and O–H groups in total. The normalized spacial score (nSPS) is 14.7. The van der Waals surface area contributed by atoms with Gasteiger partial charge in [0.15, 0.2) is 0 Å². The summed E-state index contributed by atoms with van der Waals surface area (Å²) in [5.74, 6) is 0.310. The Kier molecular flexibility index (Phi) is 4.59. The van der Waals surface area contributed by atoms with Gasteiger partial charge in [0.2, 0.25) is 0 Å². The van der Waals surface area contributed by atoms with Gasteiger partial charge in [0.05, 0.1) is 21.9 Å². The monoisotopic (exact) mass is 484 g/mol. The van der Waals surface area contributed by atoms with Crippen LogP contribution in [0.5, 0.6) is 0 Å². The van der Waals surface area contributed by atoms with E-state index in [2.05, 4.69) is 143 Å². The van der Waals surface area contributed by atoms with E-state index < -0.39 is 0 Å². The third-order valence-corrected chi connectivity index (χ3v) is 7.89. The highest BCUT2D eigenvalue weighted by Gasteiger charge is 2.19. The number of nitrogens with zero attached hydrogens (tertiary/aromatic N) is 2. The van der Waals surface area contributed by atoms with Gasteiger partial charge in [-0.3, -0.25) is 0 Å². The summed E-state index contributed by atoms with van der Waals surface area (Å²) in [6.45, 7) is 0. The Labute approximate surface area is 221 Å². The second kappa shape index (κ2) is 8.26. The molecule has 8 rings (SSSR count). The maximum Gasteiger partial charge on any atom is 0.0631 e. The highest BCUT2D eigenvalue weighted by Crippen LogP contribution is 2.34. The van der Waals surface area contributed by atoms with E-state index in [4.69, 9.17) is 0 Å². The van der Waals surface area contributed by atoms with Gasteiger partial charge in [0.25, 0.3) is 0 Å². The van der Waals surface area contributed by atoms with Gasteiger partial charge < -0.3 is 9.13 Å². The lowest BCUT2D eigenvalue weighted by Crippen LogP contribution is -2.31. The quantitative estimate of drug-likeness (QED) is 0.254. The Hall–Kier alpha value is -5.00. The van der Waals surface area contributed by atoms with Crippen molar-refractivity contribution < 1.29 is 0 Å². The molecule has 0 spiro atoms. The molecule has 2 aromatic heterocycles. The van der Waals surface area contributed by atoms with Crippen LogP contribution >= 0.6 is 0 Å². The van der Waals surface area contributed by atoms with Gasteiger partial charge in [0.1, 0.15) is 0 Å². The van der Waals surface area contributed by atoms with Gasteiger partial charge in [0, 0.05) is 38.6 Å². The van der Waals surface area contributed by atoms with E-state index in [1.54, 1.807) is 0 Å². The van der Waals surface area contributed by atoms with E-state index in [0.29, 0.717) is 5.92 Å². The molecule has 0 amide bonds. The smallest absolute Gasteiger partial charge is 0.0631 e. The number of para-hydroxylation sites is 3. The molecule has 38 heavy (non-hydrogen) atoms. The molecule has 178 valence electrons. The molecule has 7 aromatic rings. The van der Waals surface area contributed by atoms with E-state index in [0.717, 1.165) is 23.0 Å². The third-order valence-electron chi connectivity index (χ3n) is 7.89. The minimum atomic E-state index is 0.310. The molecule has 1 unspecified atom stereocenters. The first-order valence-electron chi connectivity index (χ1n) is 13.2. The highest BCUT2D eigenvalue weighted by atomic mass is 15.0. The molecule has 0 saturated heterocycles. The van der Waals surface area contributed by atoms with Crippen LogP contribution in [0.1, 0.15) is 17.9 Å². The number of rotatable bonds is 3. The van der Waals surface area contributed by atoms with Crippen molar-refractivity contribution in [2.75, 3.05) is 0 Å². The molecular weight excluding hydrogens is 460 g/mol. The summed E-state index contributed by atoms with van der Waals surface area (Å²) in [6, 6.07) is 47.7. The van der Waals surface area contributed by atoms with Crippen LogP contribution in [0.3, 0.4) is 0 Å². The van der Waals surface area contributed by atoms with Gasteiger partial charge in [-0.1, -0.05) is 84.9 Å². The average molecular weight is 485 g/mol. The van der Waals surface area contributed by atoms with Gasteiger partial charge >= 0.3 is 0 Å². The maximum absolute atomic E-state index is 3.41. The first-order valence-corrected chi connectivity index (χ1v) is 13.2. The van der Waals surface area contributed by atoms with E-state index in [1.165, 1.54) is 43.6 Å². The second-order valence-corrected chi connectivity index (χ2v) is 10.0. The van der Waals surface area contributed by atoms with Crippen molar-refractivity contribution in [1.29, 1.82) is 0 Å². The van der Waals surface area contributed by atoms with Gasteiger partial charge in [-0.15, -0.1) is 0 Å². The van der Waals surface area contributed by atoms with E-state index in [9.17, 15) is 0 Å². The first kappa shape index (κ1) is 21.1. The minimum Gasteiger partial charge on any atom is -0.310 e. The second-order valence-electron chi connectivity index (χ2n) is 10.0. The molecule has 0 saturated carbocycles. The Morgan fingerprint density at radius 2 is 1.34 bits per heavy atom. The molecule has 0 bridgehead atoms. The van der Waals surface area contributed by atoms with Gasteiger partial charge in [-0.25, -0.2) is 0 Å². The molecule has 2 nitrogen and oxygen atoms in total. The first-order chi connectivity index (χ1) is 18.9. The number of benzene rings is 4. The summed E-state index contributed by atoms with van der Waals surface area (Å²) < 4.78 is 4.74. The summed E-state index contributed by atoms with van der Waals surface area (Å²) in [4.78, 5) is 0. The van der Waals surface area contributed by atoms with Crippen LogP contribution in [0.2, 0.25) is 0 Å². The zero-order valence-electron chi connectivity index (χ0n) is 20.8. The van der Waals surface area contributed by atoms with Crippen molar-refractivity contribution >= 4 is 44.9 Å². The van der Waals surface area contributed by atoms with Crippen LogP contribution in [0.4, 0.5) is 0 Å². The van der Waals surface area contributed by atoms with Crippen molar-refractivity contribution in [2.45, 2.75) is 12.3 Å². The van der Waals surface area contributed by atoms with Crippen LogP contribution in [-0.4, -0.2) is 9.13 Å². The zero-order chi connectivity index (χ0) is 25.1. The summed E-state index contributed by atoms with van der Waals surface area (Å²) in [5.41, 5.74) is 7.32. The Morgan fingerprint density at radius 1 is 0.632 bits per heavy atom.